The summed E-state index contributed by atoms with van der Waals surface area (Å²) in [6.07, 6.45) is -3.85. The zero-order chi connectivity index (χ0) is 28.0. The Hall–Kier alpha value is -4.13. The van der Waals surface area contributed by atoms with E-state index in [9.17, 15) is 22.4 Å². The molecule has 4 aromatic rings. The van der Waals surface area contributed by atoms with Gasteiger partial charge in [0, 0.05) is 5.56 Å². The first kappa shape index (κ1) is 27.9. The van der Waals surface area contributed by atoms with Crippen LogP contribution in [0.5, 0.6) is 5.75 Å². The van der Waals surface area contributed by atoms with E-state index in [4.69, 9.17) is 9.47 Å². The maximum atomic E-state index is 14.9. The Morgan fingerprint density at radius 2 is 1.38 bits per heavy atom. The molecule has 1 unspecified atom stereocenters. The monoisotopic (exact) mass is 536 g/mol. The van der Waals surface area contributed by atoms with Gasteiger partial charge in [-0.3, -0.25) is 0 Å². The van der Waals surface area contributed by atoms with E-state index in [0.29, 0.717) is 34.6 Å². The number of rotatable bonds is 9. The molecule has 39 heavy (non-hydrogen) atoms. The van der Waals surface area contributed by atoms with Gasteiger partial charge in [0.2, 0.25) is 0 Å². The Bertz CT molecular complexity index is 1410. The summed E-state index contributed by atoms with van der Waals surface area (Å²) >= 11 is 0. The summed E-state index contributed by atoms with van der Waals surface area (Å²) in [7, 11) is 0. The Morgan fingerprint density at radius 1 is 0.795 bits per heavy atom. The van der Waals surface area contributed by atoms with Crippen molar-refractivity contribution >= 4 is 5.97 Å². The zero-order valence-corrected chi connectivity index (χ0v) is 21.6. The van der Waals surface area contributed by atoms with E-state index in [1.807, 2.05) is 13.0 Å². The molecule has 3 nitrogen and oxygen atoms in total. The Kier molecular flexibility index (Phi) is 8.69. The molecular weight excluding hydrogens is 508 g/mol. The van der Waals surface area contributed by atoms with Crippen molar-refractivity contribution in [2.24, 2.45) is 0 Å². The SMILES string of the molecule is CCCCOC(=O)C(C)Oc1ccc(-c2ccc(-c3ccc(-c4ccccc4)c(F)c3)cc2C(F)(F)F)cc1. The highest BCUT2D eigenvalue weighted by molar-refractivity contribution is 5.77. The number of alkyl halides is 3. The lowest BCUT2D eigenvalue weighted by Crippen LogP contribution is -2.26. The summed E-state index contributed by atoms with van der Waals surface area (Å²) in [6.45, 7) is 3.84. The maximum absolute atomic E-state index is 14.9. The van der Waals surface area contributed by atoms with Crippen molar-refractivity contribution in [1.82, 2.24) is 0 Å². The minimum atomic E-state index is -4.64. The second-order valence-electron chi connectivity index (χ2n) is 9.12. The summed E-state index contributed by atoms with van der Waals surface area (Å²) in [4.78, 5) is 12.0. The molecule has 0 saturated carbocycles. The summed E-state index contributed by atoms with van der Waals surface area (Å²) in [6, 6.07) is 23.4. The first-order valence-corrected chi connectivity index (χ1v) is 12.7. The van der Waals surface area contributed by atoms with Crippen molar-refractivity contribution in [3.05, 3.63) is 102 Å². The van der Waals surface area contributed by atoms with Crippen LogP contribution in [0.2, 0.25) is 0 Å². The molecule has 0 heterocycles. The Balaban J connectivity index is 1.58. The van der Waals surface area contributed by atoms with Crippen molar-refractivity contribution in [3.8, 4) is 39.1 Å². The maximum Gasteiger partial charge on any atom is 0.417 e. The van der Waals surface area contributed by atoms with Crippen LogP contribution >= 0.6 is 0 Å². The van der Waals surface area contributed by atoms with Gasteiger partial charge in [-0.15, -0.1) is 0 Å². The van der Waals surface area contributed by atoms with Gasteiger partial charge in [-0.05, 0) is 65.4 Å². The van der Waals surface area contributed by atoms with Crippen LogP contribution in [0.3, 0.4) is 0 Å². The van der Waals surface area contributed by atoms with Gasteiger partial charge in [-0.25, -0.2) is 9.18 Å². The van der Waals surface area contributed by atoms with E-state index in [-0.39, 0.29) is 11.1 Å². The minimum absolute atomic E-state index is 0.0220. The van der Waals surface area contributed by atoms with Crippen molar-refractivity contribution in [3.63, 3.8) is 0 Å². The number of esters is 1. The van der Waals surface area contributed by atoms with Gasteiger partial charge < -0.3 is 9.47 Å². The molecule has 0 radical (unpaired) electrons. The van der Waals surface area contributed by atoms with Gasteiger partial charge in [0.1, 0.15) is 11.6 Å². The van der Waals surface area contributed by atoms with Gasteiger partial charge in [-0.1, -0.05) is 80.1 Å². The Labute approximate surface area is 225 Å². The van der Waals surface area contributed by atoms with E-state index < -0.39 is 29.6 Å². The molecule has 0 bridgehead atoms. The highest BCUT2D eigenvalue weighted by Gasteiger charge is 2.34. The third-order valence-electron chi connectivity index (χ3n) is 6.26. The molecule has 0 fully saturated rings. The number of carbonyl (C=O) groups is 1. The van der Waals surface area contributed by atoms with Gasteiger partial charge >= 0.3 is 12.1 Å². The summed E-state index contributed by atoms with van der Waals surface area (Å²) in [5.41, 5.74) is 1.11. The third-order valence-corrected chi connectivity index (χ3v) is 6.26. The van der Waals surface area contributed by atoms with Crippen molar-refractivity contribution in [1.29, 1.82) is 0 Å². The molecular formula is C32H28F4O3. The fraction of sp³-hybridized carbons (Fsp3) is 0.219. The second-order valence-corrected chi connectivity index (χ2v) is 9.12. The first-order chi connectivity index (χ1) is 18.7. The predicted molar refractivity (Wildman–Crippen MR) is 144 cm³/mol. The van der Waals surface area contributed by atoms with Gasteiger partial charge in [0.05, 0.1) is 12.2 Å². The predicted octanol–water partition coefficient (Wildman–Crippen LogP) is 8.96. The number of carbonyl (C=O) groups excluding carboxylic acids is 1. The van der Waals surface area contributed by atoms with Gasteiger partial charge in [0.25, 0.3) is 0 Å². The lowest BCUT2D eigenvalue weighted by atomic mass is 9.93. The molecule has 0 aliphatic heterocycles. The molecule has 0 aromatic heterocycles. The van der Waals surface area contributed by atoms with Crippen molar-refractivity contribution < 1.29 is 31.8 Å². The number of benzene rings is 4. The average molecular weight is 537 g/mol. The van der Waals surface area contributed by atoms with E-state index >= 15 is 0 Å². The molecule has 0 saturated heterocycles. The highest BCUT2D eigenvalue weighted by atomic mass is 19.4. The van der Waals surface area contributed by atoms with Crippen molar-refractivity contribution in [2.45, 2.75) is 39.0 Å². The second kappa shape index (κ2) is 12.2. The van der Waals surface area contributed by atoms with E-state index in [2.05, 4.69) is 0 Å². The van der Waals surface area contributed by atoms with Gasteiger partial charge in [0.15, 0.2) is 6.10 Å². The van der Waals surface area contributed by atoms with E-state index in [0.717, 1.165) is 18.9 Å². The fourth-order valence-corrected chi connectivity index (χ4v) is 4.16. The van der Waals surface area contributed by atoms with Gasteiger partial charge in [-0.2, -0.15) is 13.2 Å². The number of halogens is 4. The summed E-state index contributed by atoms with van der Waals surface area (Å²) < 4.78 is 68.0. The van der Waals surface area contributed by atoms with E-state index in [1.54, 1.807) is 49.4 Å². The number of hydrogen-bond donors (Lipinski definition) is 0. The van der Waals surface area contributed by atoms with E-state index in [1.165, 1.54) is 36.4 Å². The molecule has 4 rings (SSSR count). The number of unbranched alkanes of at least 4 members (excludes halogenated alkanes) is 1. The molecule has 202 valence electrons. The van der Waals surface area contributed by atoms with Crippen LogP contribution in [-0.2, 0) is 15.7 Å². The molecule has 0 aliphatic rings. The first-order valence-electron chi connectivity index (χ1n) is 12.7. The molecule has 0 N–H and O–H groups in total. The molecule has 0 amide bonds. The number of ether oxygens (including phenoxy) is 2. The minimum Gasteiger partial charge on any atom is -0.479 e. The third kappa shape index (κ3) is 6.85. The average Bonchev–Trinajstić information content (AvgIpc) is 2.93. The normalized spacial score (nSPS) is 12.2. The summed E-state index contributed by atoms with van der Waals surface area (Å²) in [5, 5.41) is 0. The molecule has 0 spiro atoms. The quantitative estimate of drug-likeness (QED) is 0.122. The Morgan fingerprint density at radius 3 is 2.00 bits per heavy atom. The van der Waals surface area contributed by atoms with Crippen LogP contribution in [0.15, 0.2) is 91.0 Å². The van der Waals surface area contributed by atoms with Crippen LogP contribution in [0.25, 0.3) is 33.4 Å². The molecule has 4 aromatic carbocycles. The highest BCUT2D eigenvalue weighted by Crippen LogP contribution is 2.40. The van der Waals surface area contributed by atoms with Crippen LogP contribution in [0.4, 0.5) is 17.6 Å². The van der Waals surface area contributed by atoms with Crippen LogP contribution in [0.1, 0.15) is 32.3 Å². The van der Waals surface area contributed by atoms with Crippen molar-refractivity contribution in [2.75, 3.05) is 6.61 Å². The summed E-state index contributed by atoms with van der Waals surface area (Å²) in [5.74, 6) is -0.691. The number of hydrogen-bond acceptors (Lipinski definition) is 3. The lowest BCUT2D eigenvalue weighted by Gasteiger charge is -2.17. The lowest BCUT2D eigenvalue weighted by molar-refractivity contribution is -0.151. The molecule has 7 heteroatoms. The molecule has 0 aliphatic carbocycles. The topological polar surface area (TPSA) is 35.5 Å². The van der Waals surface area contributed by atoms with Crippen LogP contribution in [-0.4, -0.2) is 18.7 Å². The fourth-order valence-electron chi connectivity index (χ4n) is 4.16. The van der Waals surface area contributed by atoms with Crippen LogP contribution < -0.4 is 4.74 Å². The zero-order valence-electron chi connectivity index (χ0n) is 21.6. The molecule has 1 atom stereocenters. The van der Waals surface area contributed by atoms with Crippen LogP contribution in [0, 0.1) is 5.82 Å². The standard InChI is InChI=1S/C32H28F4O3/c1-3-4-18-38-31(37)21(2)39-26-14-10-23(11-15-26)27-16-12-24(19-29(27)32(34,35)36)25-13-17-28(30(33)20-25)22-8-6-5-7-9-22/h5-17,19-21H,3-4,18H2,1-2H3. The largest absolute Gasteiger partial charge is 0.479 e. The smallest absolute Gasteiger partial charge is 0.417 e.